The third-order valence-corrected chi connectivity index (χ3v) is 4.55. The van der Waals surface area contributed by atoms with Crippen LogP contribution in [0.2, 0.25) is 0 Å². The Bertz CT molecular complexity index is 353. The molecule has 5 nitrogen and oxygen atoms in total. The Labute approximate surface area is 114 Å². The third kappa shape index (κ3) is 3.53. The summed E-state index contributed by atoms with van der Waals surface area (Å²) >= 11 is 0. The van der Waals surface area contributed by atoms with Crippen LogP contribution >= 0.6 is 0 Å². The van der Waals surface area contributed by atoms with Crippen LogP contribution in [-0.4, -0.2) is 27.0 Å². The van der Waals surface area contributed by atoms with E-state index in [0.717, 1.165) is 19.3 Å². The van der Waals surface area contributed by atoms with Gasteiger partial charge in [-0.1, -0.05) is 19.8 Å². The number of carbonyl (C=O) groups is 1. The highest BCUT2D eigenvalue weighted by Gasteiger charge is 2.54. The first-order chi connectivity index (χ1) is 8.75. The molecule has 5 heteroatoms. The van der Waals surface area contributed by atoms with Crippen LogP contribution in [0, 0.1) is 16.0 Å². The molecule has 0 amide bonds. The average molecular weight is 271 g/mol. The van der Waals surface area contributed by atoms with E-state index in [1.807, 2.05) is 0 Å². The topological polar surface area (TPSA) is 80.4 Å². The van der Waals surface area contributed by atoms with Gasteiger partial charge < -0.3 is 5.11 Å². The van der Waals surface area contributed by atoms with Crippen LogP contribution in [0.5, 0.6) is 0 Å². The summed E-state index contributed by atoms with van der Waals surface area (Å²) < 4.78 is 0. The molecule has 0 aromatic heterocycles. The van der Waals surface area contributed by atoms with E-state index in [9.17, 15) is 20.0 Å². The zero-order valence-electron chi connectivity index (χ0n) is 12.1. The van der Waals surface area contributed by atoms with Crippen molar-refractivity contribution in [1.82, 2.24) is 0 Å². The fourth-order valence-electron chi connectivity index (χ4n) is 3.13. The van der Waals surface area contributed by atoms with Crippen LogP contribution in [0.15, 0.2) is 0 Å². The van der Waals surface area contributed by atoms with Gasteiger partial charge in [-0.05, 0) is 26.7 Å². The van der Waals surface area contributed by atoms with Gasteiger partial charge in [-0.25, -0.2) is 0 Å². The van der Waals surface area contributed by atoms with Gasteiger partial charge in [-0.2, -0.15) is 0 Å². The van der Waals surface area contributed by atoms with Crippen molar-refractivity contribution in [3.8, 4) is 0 Å². The highest BCUT2D eigenvalue weighted by Crippen LogP contribution is 2.43. The van der Waals surface area contributed by atoms with E-state index in [0.29, 0.717) is 19.3 Å². The summed E-state index contributed by atoms with van der Waals surface area (Å²) in [5, 5.41) is 21.7. The number of rotatable bonds is 6. The molecule has 1 fully saturated rings. The van der Waals surface area contributed by atoms with E-state index in [2.05, 4.69) is 6.92 Å². The lowest BCUT2D eigenvalue weighted by molar-refractivity contribution is -0.579. The number of hydrogen-bond donors (Lipinski definition) is 1. The number of aliphatic hydroxyl groups is 1. The van der Waals surface area contributed by atoms with Crippen molar-refractivity contribution in [2.45, 2.75) is 76.9 Å². The highest BCUT2D eigenvalue weighted by molar-refractivity contribution is 5.79. The van der Waals surface area contributed by atoms with Crippen molar-refractivity contribution in [1.29, 1.82) is 0 Å². The Hall–Kier alpha value is -0.970. The number of nitrogens with zero attached hydrogens (tertiary/aromatic N) is 1. The molecule has 0 saturated heterocycles. The molecule has 1 rings (SSSR count). The summed E-state index contributed by atoms with van der Waals surface area (Å²) in [6, 6.07) is 0. The Balaban J connectivity index is 2.89. The summed E-state index contributed by atoms with van der Waals surface area (Å²) in [4.78, 5) is 22.9. The standard InChI is InChI=1S/C14H25NO4/c1-4-5-6-7-14(15(18)19)9-8-13(3,17)12(10-14)11(2)16/h12,17H,4-10H2,1-3H3/t12-,13+,14+/m1/s1. The minimum atomic E-state index is -1.10. The number of nitro groups is 1. The van der Waals surface area contributed by atoms with E-state index < -0.39 is 17.1 Å². The molecule has 1 aliphatic carbocycles. The predicted octanol–water partition coefficient (Wildman–Crippen LogP) is 2.72. The second kappa shape index (κ2) is 5.99. The van der Waals surface area contributed by atoms with Gasteiger partial charge >= 0.3 is 0 Å². The lowest BCUT2D eigenvalue weighted by Crippen LogP contribution is -2.53. The fraction of sp³-hybridized carbons (Fsp3) is 0.929. The molecule has 110 valence electrons. The molecule has 1 saturated carbocycles. The summed E-state index contributed by atoms with van der Waals surface area (Å²) in [5.74, 6) is -0.764. The van der Waals surface area contributed by atoms with Gasteiger partial charge in [0.05, 0.1) is 11.5 Å². The first-order valence-electron chi connectivity index (χ1n) is 7.12. The predicted molar refractivity (Wildman–Crippen MR) is 72.5 cm³/mol. The van der Waals surface area contributed by atoms with Crippen molar-refractivity contribution in [2.75, 3.05) is 0 Å². The highest BCUT2D eigenvalue weighted by atomic mass is 16.6. The smallest absolute Gasteiger partial charge is 0.223 e. The van der Waals surface area contributed by atoms with Gasteiger partial charge in [0.1, 0.15) is 5.78 Å². The van der Waals surface area contributed by atoms with E-state index >= 15 is 0 Å². The van der Waals surface area contributed by atoms with Gasteiger partial charge in [0.2, 0.25) is 5.54 Å². The second-order valence-electron chi connectivity index (χ2n) is 6.16. The van der Waals surface area contributed by atoms with E-state index in [1.54, 1.807) is 6.92 Å². The zero-order valence-corrected chi connectivity index (χ0v) is 12.1. The number of carbonyl (C=O) groups excluding carboxylic acids is 1. The number of ketones is 1. The molecule has 0 aliphatic heterocycles. The van der Waals surface area contributed by atoms with Gasteiger partial charge in [-0.3, -0.25) is 14.9 Å². The van der Waals surface area contributed by atoms with Crippen LogP contribution in [0.25, 0.3) is 0 Å². The normalized spacial score (nSPS) is 35.1. The summed E-state index contributed by atoms with van der Waals surface area (Å²) in [7, 11) is 0. The van der Waals surface area contributed by atoms with Gasteiger partial charge in [0.15, 0.2) is 0 Å². The maximum atomic E-state index is 11.7. The second-order valence-corrected chi connectivity index (χ2v) is 6.16. The monoisotopic (exact) mass is 271 g/mol. The maximum absolute atomic E-state index is 11.7. The minimum Gasteiger partial charge on any atom is -0.389 e. The molecule has 0 bridgehead atoms. The molecule has 0 unspecified atom stereocenters. The average Bonchev–Trinajstić information content (AvgIpc) is 2.30. The third-order valence-electron chi connectivity index (χ3n) is 4.55. The summed E-state index contributed by atoms with van der Waals surface area (Å²) in [6.07, 6.45) is 4.16. The van der Waals surface area contributed by atoms with Crippen LogP contribution < -0.4 is 0 Å². The van der Waals surface area contributed by atoms with Crippen molar-refractivity contribution >= 4 is 5.78 Å². The minimum absolute atomic E-state index is 0.147. The first kappa shape index (κ1) is 16.1. The zero-order chi connectivity index (χ0) is 14.7. The van der Waals surface area contributed by atoms with Gasteiger partial charge in [-0.15, -0.1) is 0 Å². The Morgan fingerprint density at radius 1 is 1.42 bits per heavy atom. The number of hydrogen-bond acceptors (Lipinski definition) is 4. The summed E-state index contributed by atoms with van der Waals surface area (Å²) in [5.41, 5.74) is -2.12. The van der Waals surface area contributed by atoms with Crippen LogP contribution in [0.1, 0.15) is 65.7 Å². The Morgan fingerprint density at radius 2 is 2.05 bits per heavy atom. The maximum Gasteiger partial charge on any atom is 0.223 e. The molecule has 1 N–H and O–H groups in total. The molecule has 0 spiro atoms. The van der Waals surface area contributed by atoms with Crippen molar-refractivity contribution in [2.24, 2.45) is 5.92 Å². The van der Waals surface area contributed by atoms with Crippen molar-refractivity contribution < 1.29 is 14.8 Å². The molecule has 0 radical (unpaired) electrons. The molecule has 1 aliphatic rings. The van der Waals surface area contributed by atoms with Crippen LogP contribution in [0.3, 0.4) is 0 Å². The number of unbranched alkanes of at least 4 members (excludes halogenated alkanes) is 2. The largest absolute Gasteiger partial charge is 0.389 e. The Morgan fingerprint density at radius 3 is 2.53 bits per heavy atom. The molecule has 19 heavy (non-hydrogen) atoms. The molecule has 0 heterocycles. The molecule has 3 atom stereocenters. The lowest BCUT2D eigenvalue weighted by atomic mass is 9.65. The molecule has 0 aromatic rings. The van der Waals surface area contributed by atoms with E-state index in [4.69, 9.17) is 0 Å². The van der Waals surface area contributed by atoms with E-state index in [1.165, 1.54) is 6.92 Å². The van der Waals surface area contributed by atoms with Crippen LogP contribution in [0.4, 0.5) is 0 Å². The number of Topliss-reactive ketones (excluding diaryl/α,β-unsaturated/α-hetero) is 1. The fourth-order valence-corrected chi connectivity index (χ4v) is 3.13. The lowest BCUT2D eigenvalue weighted by Gasteiger charge is -2.42. The molecule has 0 aromatic carbocycles. The van der Waals surface area contributed by atoms with Crippen molar-refractivity contribution in [3.63, 3.8) is 0 Å². The quantitative estimate of drug-likeness (QED) is 0.457. The van der Waals surface area contributed by atoms with Gasteiger partial charge in [0.25, 0.3) is 0 Å². The van der Waals surface area contributed by atoms with Crippen LogP contribution in [-0.2, 0) is 4.79 Å². The molecular formula is C14H25NO4. The SMILES string of the molecule is CCCCC[C@]1([N+](=O)[O-])CC[C@](C)(O)[C@@H](C(C)=O)C1. The summed E-state index contributed by atoms with van der Waals surface area (Å²) in [6.45, 7) is 5.10. The molecular weight excluding hydrogens is 246 g/mol. The first-order valence-corrected chi connectivity index (χ1v) is 7.12. The van der Waals surface area contributed by atoms with Gasteiger partial charge in [0, 0.05) is 24.2 Å². The van der Waals surface area contributed by atoms with E-state index in [-0.39, 0.29) is 17.1 Å². The Kier molecular flexibility index (Phi) is 5.07. The van der Waals surface area contributed by atoms with Crippen molar-refractivity contribution in [3.05, 3.63) is 10.1 Å².